The Morgan fingerprint density at radius 2 is 1.79 bits per heavy atom. The zero-order chi connectivity index (χ0) is 19.9. The highest BCUT2D eigenvalue weighted by Crippen LogP contribution is 2.20. The Kier molecular flexibility index (Phi) is 6.41. The first-order valence-corrected chi connectivity index (χ1v) is 9.45. The third-order valence-electron chi connectivity index (χ3n) is 3.58. The Balaban J connectivity index is 1.56. The van der Waals surface area contributed by atoms with Crippen molar-refractivity contribution in [3.8, 4) is 0 Å². The van der Waals surface area contributed by atoms with E-state index < -0.39 is 18.5 Å². The van der Waals surface area contributed by atoms with Crippen molar-refractivity contribution in [1.29, 1.82) is 0 Å². The van der Waals surface area contributed by atoms with Crippen LogP contribution in [0.15, 0.2) is 66.0 Å². The Morgan fingerprint density at radius 3 is 2.54 bits per heavy atom. The zero-order valence-electron chi connectivity index (χ0n) is 14.5. The van der Waals surface area contributed by atoms with Gasteiger partial charge < -0.3 is 15.4 Å². The van der Waals surface area contributed by atoms with Gasteiger partial charge in [0.15, 0.2) is 6.61 Å². The van der Waals surface area contributed by atoms with Gasteiger partial charge in [0.1, 0.15) is 0 Å². The average Bonchev–Trinajstić information content (AvgIpc) is 3.23. The highest BCUT2D eigenvalue weighted by molar-refractivity contribution is 7.12. The van der Waals surface area contributed by atoms with Crippen molar-refractivity contribution in [3.63, 3.8) is 0 Å². The minimum absolute atomic E-state index is 0.217. The van der Waals surface area contributed by atoms with Crippen LogP contribution < -0.4 is 10.6 Å². The number of rotatable bonds is 6. The fourth-order valence-electron chi connectivity index (χ4n) is 2.29. The summed E-state index contributed by atoms with van der Waals surface area (Å²) < 4.78 is 5.03. The lowest BCUT2D eigenvalue weighted by atomic mass is 10.2. The van der Waals surface area contributed by atoms with Crippen LogP contribution in [0.4, 0.5) is 11.4 Å². The Bertz CT molecular complexity index is 1000. The molecule has 0 aliphatic heterocycles. The van der Waals surface area contributed by atoms with Gasteiger partial charge in [0.2, 0.25) is 0 Å². The van der Waals surface area contributed by atoms with Crippen LogP contribution in [0.5, 0.6) is 0 Å². The Labute approximate surface area is 170 Å². The standard InChI is InChI=1S/C20H15ClN2O4S/c21-15-7-1-2-8-16(15)23-18(24)12-27-20(26)13-5-3-6-14(11-13)22-19(25)17-9-4-10-28-17/h1-11H,12H2,(H,22,25)(H,23,24). The lowest BCUT2D eigenvalue weighted by molar-refractivity contribution is -0.119. The molecule has 6 nitrogen and oxygen atoms in total. The fourth-order valence-corrected chi connectivity index (χ4v) is 3.09. The molecule has 3 aromatic rings. The van der Waals surface area contributed by atoms with E-state index in [4.69, 9.17) is 16.3 Å². The SMILES string of the molecule is O=C(COC(=O)c1cccc(NC(=O)c2cccs2)c1)Nc1ccccc1Cl. The van der Waals surface area contributed by atoms with Gasteiger partial charge in [-0.15, -0.1) is 11.3 Å². The lowest BCUT2D eigenvalue weighted by Gasteiger charge is -2.09. The summed E-state index contributed by atoms with van der Waals surface area (Å²) in [5.41, 5.74) is 1.10. The summed E-state index contributed by atoms with van der Waals surface area (Å²) in [7, 11) is 0. The van der Waals surface area contributed by atoms with Gasteiger partial charge in [-0.2, -0.15) is 0 Å². The number of thiophene rings is 1. The number of halogens is 1. The number of nitrogens with one attached hydrogen (secondary N) is 2. The Morgan fingerprint density at radius 1 is 0.964 bits per heavy atom. The number of hydrogen-bond acceptors (Lipinski definition) is 5. The molecule has 0 aliphatic rings. The van der Waals surface area contributed by atoms with E-state index in [-0.39, 0.29) is 11.5 Å². The second-order valence-corrected chi connectivity index (χ2v) is 6.97. The third-order valence-corrected chi connectivity index (χ3v) is 4.78. The summed E-state index contributed by atoms with van der Waals surface area (Å²) in [6, 6.07) is 16.5. The molecule has 28 heavy (non-hydrogen) atoms. The predicted molar refractivity (Wildman–Crippen MR) is 109 cm³/mol. The summed E-state index contributed by atoms with van der Waals surface area (Å²) in [5, 5.41) is 7.47. The Hall–Kier alpha value is -3.16. The van der Waals surface area contributed by atoms with E-state index in [9.17, 15) is 14.4 Å². The summed E-state index contributed by atoms with van der Waals surface area (Å²) in [5.74, 6) is -1.45. The molecule has 0 saturated heterocycles. The molecule has 2 amide bonds. The first kappa shape index (κ1) is 19.6. The average molecular weight is 415 g/mol. The van der Waals surface area contributed by atoms with Gasteiger partial charge in [-0.1, -0.05) is 35.9 Å². The van der Waals surface area contributed by atoms with Crippen molar-refractivity contribution < 1.29 is 19.1 Å². The van der Waals surface area contributed by atoms with E-state index in [1.54, 1.807) is 53.9 Å². The van der Waals surface area contributed by atoms with Crippen molar-refractivity contribution in [2.24, 2.45) is 0 Å². The van der Waals surface area contributed by atoms with Gasteiger partial charge >= 0.3 is 5.97 Å². The van der Waals surface area contributed by atoms with Crippen LogP contribution in [0.1, 0.15) is 20.0 Å². The van der Waals surface area contributed by atoms with Crippen molar-refractivity contribution in [3.05, 3.63) is 81.5 Å². The maximum atomic E-state index is 12.2. The molecule has 0 atom stereocenters. The molecule has 0 unspecified atom stereocenters. The van der Waals surface area contributed by atoms with E-state index >= 15 is 0 Å². The van der Waals surface area contributed by atoms with E-state index in [0.717, 1.165) is 0 Å². The second-order valence-electron chi connectivity index (χ2n) is 5.62. The van der Waals surface area contributed by atoms with E-state index in [1.165, 1.54) is 23.5 Å². The van der Waals surface area contributed by atoms with Gasteiger partial charge in [-0.3, -0.25) is 9.59 Å². The monoisotopic (exact) mass is 414 g/mol. The molecule has 0 aliphatic carbocycles. The first-order chi connectivity index (χ1) is 13.5. The summed E-state index contributed by atoms with van der Waals surface area (Å²) in [4.78, 5) is 36.8. The molecular formula is C20H15ClN2O4S. The highest BCUT2D eigenvalue weighted by Gasteiger charge is 2.13. The summed E-state index contributed by atoms with van der Waals surface area (Å²) in [6.45, 7) is -0.462. The third kappa shape index (κ3) is 5.18. The summed E-state index contributed by atoms with van der Waals surface area (Å²) >= 11 is 7.28. The molecule has 2 N–H and O–H groups in total. The number of amides is 2. The van der Waals surface area contributed by atoms with Crippen LogP contribution in [-0.4, -0.2) is 24.4 Å². The quantitative estimate of drug-likeness (QED) is 0.583. The number of ether oxygens (including phenoxy) is 1. The fraction of sp³-hybridized carbons (Fsp3) is 0.0500. The zero-order valence-corrected chi connectivity index (χ0v) is 16.0. The van der Waals surface area contributed by atoms with Gasteiger partial charge in [-0.05, 0) is 41.8 Å². The first-order valence-electron chi connectivity index (χ1n) is 8.19. The van der Waals surface area contributed by atoms with E-state index in [1.807, 2.05) is 0 Å². The van der Waals surface area contributed by atoms with E-state index in [2.05, 4.69) is 10.6 Å². The molecule has 8 heteroatoms. The molecule has 3 rings (SSSR count). The van der Waals surface area contributed by atoms with Crippen LogP contribution in [0.25, 0.3) is 0 Å². The maximum Gasteiger partial charge on any atom is 0.338 e. The van der Waals surface area contributed by atoms with Crippen molar-refractivity contribution in [2.45, 2.75) is 0 Å². The molecule has 0 radical (unpaired) electrons. The van der Waals surface area contributed by atoms with Gasteiger partial charge in [0.25, 0.3) is 11.8 Å². The molecule has 2 aromatic carbocycles. The molecule has 0 saturated carbocycles. The number of esters is 1. The number of anilines is 2. The van der Waals surface area contributed by atoms with Crippen LogP contribution in [0.3, 0.4) is 0 Å². The van der Waals surface area contributed by atoms with Crippen LogP contribution in [0.2, 0.25) is 5.02 Å². The topological polar surface area (TPSA) is 84.5 Å². The lowest BCUT2D eigenvalue weighted by Crippen LogP contribution is -2.21. The number of hydrogen-bond donors (Lipinski definition) is 2. The normalized spacial score (nSPS) is 10.2. The minimum Gasteiger partial charge on any atom is -0.452 e. The van der Waals surface area contributed by atoms with Crippen molar-refractivity contribution in [2.75, 3.05) is 17.2 Å². The molecule has 1 heterocycles. The molecule has 142 valence electrons. The predicted octanol–water partition coefficient (Wildman–Crippen LogP) is 4.45. The molecule has 0 spiro atoms. The second kappa shape index (κ2) is 9.16. The van der Waals surface area contributed by atoms with Crippen LogP contribution >= 0.6 is 22.9 Å². The molecule has 1 aromatic heterocycles. The van der Waals surface area contributed by atoms with Crippen LogP contribution in [0, 0.1) is 0 Å². The molecule has 0 fully saturated rings. The maximum absolute atomic E-state index is 12.2. The minimum atomic E-state index is -0.679. The number of carbonyl (C=O) groups excluding carboxylic acids is 3. The molecular weight excluding hydrogens is 400 g/mol. The van der Waals surface area contributed by atoms with Gasteiger partial charge in [-0.25, -0.2) is 4.79 Å². The smallest absolute Gasteiger partial charge is 0.338 e. The summed E-state index contributed by atoms with van der Waals surface area (Å²) in [6.07, 6.45) is 0. The van der Waals surface area contributed by atoms with E-state index in [0.29, 0.717) is 21.3 Å². The number of benzene rings is 2. The van der Waals surface area contributed by atoms with Crippen molar-refractivity contribution in [1.82, 2.24) is 0 Å². The van der Waals surface area contributed by atoms with Gasteiger partial charge in [0.05, 0.1) is 21.2 Å². The number of carbonyl (C=O) groups is 3. The van der Waals surface area contributed by atoms with Gasteiger partial charge in [0, 0.05) is 5.69 Å². The highest BCUT2D eigenvalue weighted by atomic mass is 35.5. The number of para-hydroxylation sites is 1. The largest absolute Gasteiger partial charge is 0.452 e. The van der Waals surface area contributed by atoms with Crippen LogP contribution in [-0.2, 0) is 9.53 Å². The van der Waals surface area contributed by atoms with Crippen molar-refractivity contribution >= 4 is 52.1 Å². The molecule has 0 bridgehead atoms.